The average molecular weight is 436 g/mol. The minimum atomic E-state index is -0.445. The van der Waals surface area contributed by atoms with Crippen LogP contribution in [0.2, 0.25) is 0 Å². The summed E-state index contributed by atoms with van der Waals surface area (Å²) in [7, 11) is 0. The van der Waals surface area contributed by atoms with Gasteiger partial charge in [-0.3, -0.25) is 14.8 Å². The minimum Gasteiger partial charge on any atom is -0.438 e. The number of fused-ring (bicyclic) bond motifs is 1. The smallest absolute Gasteiger partial charge is 0.233 e. The second kappa shape index (κ2) is 9.96. The van der Waals surface area contributed by atoms with Gasteiger partial charge in [0.2, 0.25) is 18.2 Å². The van der Waals surface area contributed by atoms with Crippen molar-refractivity contribution < 1.29 is 19.2 Å². The second-order valence-corrected chi connectivity index (χ2v) is 8.36. The van der Waals surface area contributed by atoms with Gasteiger partial charge in [-0.2, -0.15) is 0 Å². The van der Waals surface area contributed by atoms with Crippen LogP contribution in [0.5, 0.6) is 0 Å². The summed E-state index contributed by atoms with van der Waals surface area (Å²) >= 11 is 0. The first-order valence-electron chi connectivity index (χ1n) is 11.3. The summed E-state index contributed by atoms with van der Waals surface area (Å²) in [5.41, 5.74) is 3.64. The van der Waals surface area contributed by atoms with Crippen LogP contribution < -0.4 is 0 Å². The van der Waals surface area contributed by atoms with E-state index in [1.165, 1.54) is 0 Å². The Balaban J connectivity index is 1.57. The zero-order valence-corrected chi connectivity index (χ0v) is 18.3. The highest BCUT2D eigenvalue weighted by molar-refractivity contribution is 5.82. The Morgan fingerprint density at radius 2 is 2.09 bits per heavy atom. The zero-order chi connectivity index (χ0) is 22.5. The van der Waals surface area contributed by atoms with E-state index < -0.39 is 5.92 Å². The summed E-state index contributed by atoms with van der Waals surface area (Å²) in [5.74, 6) is 0.0374. The molecule has 1 fully saturated rings. The number of aromatic nitrogens is 1. The number of hydrogen-bond donors (Lipinski definition) is 1. The van der Waals surface area contributed by atoms with E-state index in [0.717, 1.165) is 42.3 Å². The monoisotopic (exact) mass is 435 g/mol. The number of hydrogen-bond acceptors (Lipinski definition) is 5. The lowest BCUT2D eigenvalue weighted by molar-refractivity contribution is -0.157. The summed E-state index contributed by atoms with van der Waals surface area (Å²) < 4.78 is 6.07. The van der Waals surface area contributed by atoms with Crippen molar-refractivity contribution in [2.24, 2.45) is 5.92 Å². The molecule has 1 N–H and O–H groups in total. The highest BCUT2D eigenvalue weighted by atomic mass is 16.5. The van der Waals surface area contributed by atoms with Crippen molar-refractivity contribution in [3.63, 3.8) is 0 Å². The fraction of sp³-hybridized carbons (Fsp3) is 0.400. The molecule has 2 amide bonds. The number of likely N-dealkylation sites (tertiary alicyclic amines) is 1. The molecule has 0 bridgehead atoms. The number of nitrogens with zero attached hydrogens (tertiary/aromatic N) is 3. The highest BCUT2D eigenvalue weighted by Crippen LogP contribution is 2.35. The van der Waals surface area contributed by atoms with E-state index in [1.54, 1.807) is 0 Å². The van der Waals surface area contributed by atoms with Gasteiger partial charge in [0.15, 0.2) is 5.58 Å². The summed E-state index contributed by atoms with van der Waals surface area (Å²) in [6.07, 6.45) is 4.40. The molecular weight excluding hydrogens is 406 g/mol. The topological polar surface area (TPSA) is 86.9 Å². The molecule has 1 saturated heterocycles. The summed E-state index contributed by atoms with van der Waals surface area (Å²) in [5, 5.41) is 10.2. The first-order chi connectivity index (χ1) is 15.6. The molecule has 7 nitrogen and oxygen atoms in total. The van der Waals surface area contributed by atoms with Crippen LogP contribution in [0.25, 0.3) is 22.2 Å². The molecule has 32 heavy (non-hydrogen) atoms. The molecule has 168 valence electrons. The number of carbonyl (C=O) groups excluding carboxylic acids is 2. The van der Waals surface area contributed by atoms with E-state index in [2.05, 4.69) is 19.1 Å². The Morgan fingerprint density at radius 3 is 2.84 bits per heavy atom. The molecule has 0 radical (unpaired) electrons. The molecule has 2 heterocycles. The van der Waals surface area contributed by atoms with E-state index in [-0.39, 0.29) is 18.5 Å². The lowest BCUT2D eigenvalue weighted by Gasteiger charge is -2.28. The van der Waals surface area contributed by atoms with E-state index >= 15 is 0 Å². The van der Waals surface area contributed by atoms with E-state index in [4.69, 9.17) is 9.40 Å². The van der Waals surface area contributed by atoms with Gasteiger partial charge in [0.05, 0.1) is 12.5 Å². The van der Waals surface area contributed by atoms with Crippen LogP contribution >= 0.6 is 0 Å². The molecule has 1 aromatic heterocycles. The third kappa shape index (κ3) is 4.67. The lowest BCUT2D eigenvalue weighted by Crippen LogP contribution is -2.40. The van der Waals surface area contributed by atoms with Crippen LogP contribution in [-0.2, 0) is 9.59 Å². The number of oxazole rings is 1. The third-order valence-corrected chi connectivity index (χ3v) is 6.12. The Morgan fingerprint density at radius 1 is 1.28 bits per heavy atom. The van der Waals surface area contributed by atoms with Gasteiger partial charge in [0, 0.05) is 6.54 Å². The van der Waals surface area contributed by atoms with Crippen molar-refractivity contribution in [3.8, 4) is 11.1 Å². The van der Waals surface area contributed by atoms with Gasteiger partial charge in [-0.1, -0.05) is 56.2 Å². The zero-order valence-electron chi connectivity index (χ0n) is 18.3. The number of hydroxylamine groups is 2. The van der Waals surface area contributed by atoms with Crippen molar-refractivity contribution in [1.29, 1.82) is 0 Å². The molecule has 2 aromatic carbocycles. The van der Waals surface area contributed by atoms with Gasteiger partial charge in [-0.25, -0.2) is 10.0 Å². The number of amides is 2. The van der Waals surface area contributed by atoms with Crippen LogP contribution in [-0.4, -0.2) is 45.6 Å². The third-order valence-electron chi connectivity index (χ3n) is 6.12. The van der Waals surface area contributed by atoms with Gasteiger partial charge in [0.1, 0.15) is 11.6 Å². The van der Waals surface area contributed by atoms with Crippen LogP contribution in [0, 0.1) is 5.92 Å². The normalized spacial score (nSPS) is 16.9. The standard InChI is InChI=1S/C25H29N3O4/c1-2-3-8-20(16-27(31)17-29)25(30)28-14-7-11-22(28)24-26-21-15-19(12-13-23(21)32-24)18-9-5-4-6-10-18/h4-6,9-10,12-13,15,17,20,22,31H,2-3,7-8,11,14,16H2,1H3/t20-,22-/m0/s1. The lowest BCUT2D eigenvalue weighted by atomic mass is 9.99. The minimum absolute atomic E-state index is 0.000449. The predicted molar refractivity (Wildman–Crippen MR) is 121 cm³/mol. The summed E-state index contributed by atoms with van der Waals surface area (Å²) in [4.78, 5) is 30.8. The maximum absolute atomic E-state index is 13.3. The SMILES string of the molecule is CCCC[C@@H](CN(O)C=O)C(=O)N1CCC[C@H]1c1nc2cc(-c3ccccc3)ccc2o1. The first kappa shape index (κ1) is 22.0. The molecule has 0 aliphatic carbocycles. The van der Waals surface area contributed by atoms with Gasteiger partial charge < -0.3 is 9.32 Å². The molecular formula is C25H29N3O4. The van der Waals surface area contributed by atoms with Crippen molar-refractivity contribution in [2.75, 3.05) is 13.1 Å². The number of carbonyl (C=O) groups is 2. The molecule has 1 aliphatic rings. The molecule has 2 atom stereocenters. The highest BCUT2D eigenvalue weighted by Gasteiger charge is 2.37. The van der Waals surface area contributed by atoms with Crippen molar-refractivity contribution in [2.45, 2.75) is 45.1 Å². The Bertz CT molecular complexity index is 1070. The Hall–Kier alpha value is -3.19. The average Bonchev–Trinajstić information content (AvgIpc) is 3.48. The predicted octanol–water partition coefficient (Wildman–Crippen LogP) is 4.81. The van der Waals surface area contributed by atoms with Gasteiger partial charge in [0.25, 0.3) is 0 Å². The first-order valence-corrected chi connectivity index (χ1v) is 11.3. The molecule has 0 spiro atoms. The van der Waals surface area contributed by atoms with Crippen LogP contribution in [0.15, 0.2) is 52.9 Å². The maximum Gasteiger partial charge on any atom is 0.233 e. The van der Waals surface area contributed by atoms with Gasteiger partial charge in [-0.15, -0.1) is 0 Å². The van der Waals surface area contributed by atoms with Crippen molar-refractivity contribution in [3.05, 3.63) is 54.4 Å². The van der Waals surface area contributed by atoms with Gasteiger partial charge in [-0.05, 0) is 42.5 Å². The summed E-state index contributed by atoms with van der Waals surface area (Å²) in [6.45, 7) is 2.67. The van der Waals surface area contributed by atoms with Gasteiger partial charge >= 0.3 is 0 Å². The largest absolute Gasteiger partial charge is 0.438 e. The fourth-order valence-corrected chi connectivity index (χ4v) is 4.43. The van der Waals surface area contributed by atoms with E-state index in [1.807, 2.05) is 41.3 Å². The number of benzene rings is 2. The quantitative estimate of drug-likeness (QED) is 0.296. The van der Waals surface area contributed by atoms with Crippen molar-refractivity contribution >= 4 is 23.4 Å². The van der Waals surface area contributed by atoms with Crippen LogP contribution in [0.1, 0.15) is 51.0 Å². The molecule has 0 unspecified atom stereocenters. The fourth-order valence-electron chi connectivity index (χ4n) is 4.43. The number of unbranched alkanes of at least 4 members (excludes halogenated alkanes) is 1. The van der Waals surface area contributed by atoms with Crippen molar-refractivity contribution in [1.82, 2.24) is 14.9 Å². The van der Waals surface area contributed by atoms with E-state index in [0.29, 0.717) is 35.9 Å². The molecule has 3 aromatic rings. The molecule has 7 heteroatoms. The van der Waals surface area contributed by atoms with E-state index in [9.17, 15) is 14.8 Å². The van der Waals surface area contributed by atoms with Crippen LogP contribution in [0.4, 0.5) is 0 Å². The number of rotatable bonds is 9. The Kier molecular flexibility index (Phi) is 6.85. The van der Waals surface area contributed by atoms with Crippen LogP contribution in [0.3, 0.4) is 0 Å². The molecule has 0 saturated carbocycles. The summed E-state index contributed by atoms with van der Waals surface area (Å²) in [6, 6.07) is 15.8. The Labute approximate surface area is 187 Å². The second-order valence-electron chi connectivity index (χ2n) is 8.36. The molecule has 4 rings (SSSR count). The maximum atomic E-state index is 13.3. The molecule has 1 aliphatic heterocycles.